The Labute approximate surface area is 146 Å². The lowest BCUT2D eigenvalue weighted by molar-refractivity contribution is 0.414. The molecule has 2 aromatic rings. The standard InChI is InChI=1S/C17H19N7O/c1-7-24(8-2)13-9-11(3)12(10-14(13)25-6)22-23-17-20-15(18-4)16(19-5)21-17/h9-10H,7-8H2,1-3,6H3,(H,20,21). The Morgan fingerprint density at radius 2 is 1.92 bits per heavy atom. The van der Waals surface area contributed by atoms with Crippen LogP contribution in [0.25, 0.3) is 9.69 Å². The van der Waals surface area contributed by atoms with E-state index >= 15 is 0 Å². The van der Waals surface area contributed by atoms with Crippen molar-refractivity contribution in [3.8, 4) is 5.75 Å². The number of aromatic amines is 1. The topological polar surface area (TPSA) is 74.6 Å². The number of benzene rings is 1. The van der Waals surface area contributed by atoms with Crippen molar-refractivity contribution >= 4 is 29.0 Å². The van der Waals surface area contributed by atoms with Gasteiger partial charge in [0.05, 0.1) is 18.5 Å². The molecule has 1 heterocycles. The Bertz CT molecular complexity index is 835. The van der Waals surface area contributed by atoms with E-state index < -0.39 is 0 Å². The molecule has 1 N–H and O–H groups in total. The summed E-state index contributed by atoms with van der Waals surface area (Å²) in [6.45, 7) is 21.9. The fourth-order valence-corrected chi connectivity index (χ4v) is 2.39. The van der Waals surface area contributed by atoms with E-state index in [-0.39, 0.29) is 17.6 Å². The molecule has 25 heavy (non-hydrogen) atoms. The van der Waals surface area contributed by atoms with Crippen molar-refractivity contribution in [2.75, 3.05) is 25.1 Å². The molecule has 0 aliphatic heterocycles. The molecule has 0 bridgehead atoms. The largest absolute Gasteiger partial charge is 0.495 e. The number of aromatic nitrogens is 2. The van der Waals surface area contributed by atoms with E-state index in [1.54, 1.807) is 7.11 Å². The number of hydrogen-bond donors (Lipinski definition) is 1. The number of nitrogens with zero attached hydrogens (tertiary/aromatic N) is 6. The van der Waals surface area contributed by atoms with Crippen molar-refractivity contribution in [3.63, 3.8) is 0 Å². The SMILES string of the molecule is [C-]#[N+]c1nc(N=Nc2cc(OC)c(N(CC)CC)cc2C)[nH]c1[N+]#[C-]. The fraction of sp³-hybridized carbons (Fsp3) is 0.353. The molecule has 8 heteroatoms. The summed E-state index contributed by atoms with van der Waals surface area (Å²) in [5, 5.41) is 8.19. The first-order valence-electron chi connectivity index (χ1n) is 7.78. The number of H-pyrrole nitrogens is 1. The van der Waals surface area contributed by atoms with Crippen LogP contribution in [-0.2, 0) is 0 Å². The highest BCUT2D eigenvalue weighted by Gasteiger charge is 2.15. The van der Waals surface area contributed by atoms with Crippen molar-refractivity contribution in [2.24, 2.45) is 10.2 Å². The Kier molecular flexibility index (Phi) is 5.70. The maximum atomic E-state index is 7.00. The molecule has 1 aromatic heterocycles. The molecule has 0 radical (unpaired) electrons. The van der Waals surface area contributed by atoms with Gasteiger partial charge >= 0.3 is 5.95 Å². The van der Waals surface area contributed by atoms with Crippen LogP contribution in [0.4, 0.5) is 29.0 Å². The summed E-state index contributed by atoms with van der Waals surface area (Å²) in [5.74, 6) is 0.903. The van der Waals surface area contributed by atoms with Gasteiger partial charge in [-0.25, -0.2) is 0 Å². The smallest absolute Gasteiger partial charge is 0.414 e. The second kappa shape index (κ2) is 7.93. The quantitative estimate of drug-likeness (QED) is 0.589. The van der Waals surface area contributed by atoms with Crippen LogP contribution in [-0.4, -0.2) is 30.2 Å². The van der Waals surface area contributed by atoms with Gasteiger partial charge in [0.2, 0.25) is 0 Å². The highest BCUT2D eigenvalue weighted by atomic mass is 16.5. The number of anilines is 1. The van der Waals surface area contributed by atoms with Crippen LogP contribution in [0.15, 0.2) is 22.4 Å². The van der Waals surface area contributed by atoms with Crippen LogP contribution < -0.4 is 9.64 Å². The van der Waals surface area contributed by atoms with E-state index in [4.69, 9.17) is 17.9 Å². The number of azo groups is 1. The Hall–Kier alpha value is -3.39. The summed E-state index contributed by atoms with van der Waals surface area (Å²) in [5.41, 5.74) is 2.58. The van der Waals surface area contributed by atoms with Gasteiger partial charge in [-0.2, -0.15) is 0 Å². The molecule has 0 unspecified atom stereocenters. The van der Waals surface area contributed by atoms with Gasteiger partial charge in [-0.1, -0.05) is 23.2 Å². The van der Waals surface area contributed by atoms with E-state index in [0.29, 0.717) is 11.4 Å². The van der Waals surface area contributed by atoms with Crippen LogP contribution >= 0.6 is 0 Å². The number of methoxy groups -OCH3 is 1. The molecule has 0 fully saturated rings. The van der Waals surface area contributed by atoms with Gasteiger partial charge in [0.1, 0.15) is 5.75 Å². The predicted molar refractivity (Wildman–Crippen MR) is 96.6 cm³/mol. The van der Waals surface area contributed by atoms with Crippen molar-refractivity contribution in [1.29, 1.82) is 0 Å². The zero-order valence-electron chi connectivity index (χ0n) is 14.7. The average Bonchev–Trinajstić information content (AvgIpc) is 3.04. The van der Waals surface area contributed by atoms with E-state index in [1.807, 2.05) is 19.1 Å². The lowest BCUT2D eigenvalue weighted by atomic mass is 10.1. The molecule has 0 aliphatic carbocycles. The molecule has 2 rings (SSSR count). The third-order valence-electron chi connectivity index (χ3n) is 3.73. The van der Waals surface area contributed by atoms with Gasteiger partial charge in [-0.15, -0.1) is 5.11 Å². The Balaban J connectivity index is 2.39. The van der Waals surface area contributed by atoms with Gasteiger partial charge in [0.25, 0.3) is 11.6 Å². The average molecular weight is 337 g/mol. The third-order valence-corrected chi connectivity index (χ3v) is 3.73. The first-order valence-corrected chi connectivity index (χ1v) is 7.78. The molecule has 0 spiro atoms. The van der Waals surface area contributed by atoms with Gasteiger partial charge in [-0.3, -0.25) is 4.98 Å². The van der Waals surface area contributed by atoms with Crippen LogP contribution in [0.1, 0.15) is 19.4 Å². The van der Waals surface area contributed by atoms with Crippen LogP contribution in [0.2, 0.25) is 0 Å². The van der Waals surface area contributed by atoms with E-state index in [0.717, 1.165) is 24.3 Å². The van der Waals surface area contributed by atoms with Crippen molar-refractivity contribution in [3.05, 3.63) is 40.5 Å². The fourth-order valence-electron chi connectivity index (χ4n) is 2.39. The molecule has 0 saturated carbocycles. The zero-order chi connectivity index (χ0) is 18.4. The second-order valence-corrected chi connectivity index (χ2v) is 5.14. The summed E-state index contributed by atoms with van der Waals surface area (Å²) in [6.07, 6.45) is 0. The third kappa shape index (κ3) is 3.75. The highest BCUT2D eigenvalue weighted by Crippen LogP contribution is 2.36. The number of aryl methyl sites for hydroxylation is 1. The first-order chi connectivity index (χ1) is 12.1. The van der Waals surface area contributed by atoms with E-state index in [1.165, 1.54) is 0 Å². The maximum absolute atomic E-state index is 7.00. The number of rotatable bonds is 6. The number of nitrogens with one attached hydrogen (secondary N) is 1. The highest BCUT2D eigenvalue weighted by molar-refractivity contribution is 5.67. The minimum Gasteiger partial charge on any atom is -0.495 e. The first kappa shape index (κ1) is 18.0. The van der Waals surface area contributed by atoms with Crippen molar-refractivity contribution < 1.29 is 4.74 Å². The van der Waals surface area contributed by atoms with Gasteiger partial charge < -0.3 is 19.3 Å². The van der Waals surface area contributed by atoms with E-state index in [2.05, 4.69) is 48.6 Å². The Morgan fingerprint density at radius 3 is 2.44 bits per heavy atom. The molecule has 0 amide bonds. The lowest BCUT2D eigenvalue weighted by Gasteiger charge is -2.24. The van der Waals surface area contributed by atoms with Crippen LogP contribution in [0.3, 0.4) is 0 Å². The number of imidazole rings is 1. The molecular formula is C17H19N7O. The number of hydrogen-bond acceptors (Lipinski definition) is 5. The maximum Gasteiger partial charge on any atom is 0.414 e. The minimum atomic E-state index is -0.00451. The van der Waals surface area contributed by atoms with Gasteiger partial charge in [0.15, 0.2) is 0 Å². The zero-order valence-corrected chi connectivity index (χ0v) is 14.7. The lowest BCUT2D eigenvalue weighted by Crippen LogP contribution is -2.22. The summed E-state index contributed by atoms with van der Waals surface area (Å²) in [6, 6.07) is 3.83. The molecule has 0 atom stereocenters. The minimum absolute atomic E-state index is 0.00451. The number of ether oxygens (including phenoxy) is 1. The molecular weight excluding hydrogens is 318 g/mol. The van der Waals surface area contributed by atoms with Crippen LogP contribution in [0, 0.1) is 20.1 Å². The summed E-state index contributed by atoms with van der Waals surface area (Å²) >= 11 is 0. The van der Waals surface area contributed by atoms with Gasteiger partial charge in [-0.05, 0) is 32.4 Å². The van der Waals surface area contributed by atoms with Crippen LogP contribution in [0.5, 0.6) is 5.75 Å². The second-order valence-electron chi connectivity index (χ2n) is 5.14. The molecule has 128 valence electrons. The van der Waals surface area contributed by atoms with Crippen molar-refractivity contribution in [1.82, 2.24) is 9.97 Å². The molecule has 0 aliphatic rings. The summed E-state index contributed by atoms with van der Waals surface area (Å²) in [4.78, 5) is 15.2. The van der Waals surface area contributed by atoms with E-state index in [9.17, 15) is 0 Å². The molecule has 0 saturated heterocycles. The summed E-state index contributed by atoms with van der Waals surface area (Å²) in [7, 11) is 1.62. The van der Waals surface area contributed by atoms with Gasteiger partial charge in [0, 0.05) is 19.2 Å². The predicted octanol–water partition coefficient (Wildman–Crippen LogP) is 5.09. The molecule has 1 aromatic carbocycles. The van der Waals surface area contributed by atoms with Crippen molar-refractivity contribution in [2.45, 2.75) is 20.8 Å². The monoisotopic (exact) mass is 337 g/mol. The summed E-state index contributed by atoms with van der Waals surface area (Å²) < 4.78 is 5.49. The molecule has 8 nitrogen and oxygen atoms in total. The normalized spacial score (nSPS) is 10.5. The Morgan fingerprint density at radius 1 is 1.20 bits per heavy atom.